The van der Waals surface area contributed by atoms with Crippen molar-refractivity contribution in [2.24, 2.45) is 0 Å². The Labute approximate surface area is 255 Å². The van der Waals surface area contributed by atoms with E-state index in [0.29, 0.717) is 23.1 Å². The third-order valence-corrected chi connectivity index (χ3v) is 8.21. The number of pyridine rings is 1. The van der Waals surface area contributed by atoms with Gasteiger partial charge in [-0.1, -0.05) is 31.2 Å². The summed E-state index contributed by atoms with van der Waals surface area (Å²) in [6, 6.07) is 19.8. The van der Waals surface area contributed by atoms with Crippen LogP contribution in [0.15, 0.2) is 72.9 Å². The number of methoxy groups -OCH3 is 1. The fourth-order valence-corrected chi connectivity index (χ4v) is 6.12. The molecule has 3 heterocycles. The number of non-ortho nitro benzene ring substituents is 1. The van der Waals surface area contributed by atoms with Crippen molar-refractivity contribution in [3.05, 3.63) is 111 Å². The van der Waals surface area contributed by atoms with Gasteiger partial charge in [0.1, 0.15) is 5.75 Å². The van der Waals surface area contributed by atoms with Crippen molar-refractivity contribution in [1.82, 2.24) is 19.8 Å². The maximum Gasteiger partial charge on any atom is 0.273 e. The number of benzene rings is 2. The number of nitro benzene ring substituents is 1. The van der Waals surface area contributed by atoms with Gasteiger partial charge in [-0.3, -0.25) is 19.9 Å². The number of para-hydroxylation sites is 1. The maximum atomic E-state index is 13.1. The van der Waals surface area contributed by atoms with Crippen LogP contribution in [0.3, 0.4) is 0 Å². The Hall–Kier alpha value is -4.77. The van der Waals surface area contributed by atoms with E-state index in [-0.39, 0.29) is 30.1 Å². The van der Waals surface area contributed by atoms with Crippen molar-refractivity contribution >= 4 is 34.6 Å². The SMILES string of the molecule is CCc1ccccc1NC(=O)CCN1C(=S)N[C@@H](c2ccccn2)[C@@H]1c1cc(C)n(-c2ccc([N+](=O)[O-])cc2OC)c1C. The van der Waals surface area contributed by atoms with E-state index in [2.05, 4.69) is 33.5 Å². The number of hydrogen-bond donors (Lipinski definition) is 2. The molecule has 43 heavy (non-hydrogen) atoms. The number of aromatic nitrogens is 2. The number of thiocarbonyl (C=S) groups is 1. The van der Waals surface area contributed by atoms with Crippen molar-refractivity contribution in [3.8, 4) is 11.4 Å². The van der Waals surface area contributed by atoms with Crippen LogP contribution in [0.1, 0.15) is 53.6 Å². The molecular formula is C32H34N6O4S. The van der Waals surface area contributed by atoms with E-state index in [1.807, 2.05) is 60.9 Å². The molecule has 0 radical (unpaired) electrons. The lowest BCUT2D eigenvalue weighted by Crippen LogP contribution is -2.33. The smallest absolute Gasteiger partial charge is 0.273 e. The van der Waals surface area contributed by atoms with Gasteiger partial charge in [0.05, 0.1) is 41.6 Å². The van der Waals surface area contributed by atoms with Crippen LogP contribution in [-0.4, -0.2) is 44.0 Å². The number of carbonyl (C=O) groups excluding carboxylic acids is 1. The molecule has 1 amide bonds. The second-order valence-electron chi connectivity index (χ2n) is 10.4. The van der Waals surface area contributed by atoms with E-state index in [1.165, 1.54) is 19.2 Å². The number of ether oxygens (including phenoxy) is 1. The minimum atomic E-state index is -0.440. The van der Waals surface area contributed by atoms with Gasteiger partial charge in [-0.2, -0.15) is 0 Å². The highest BCUT2D eigenvalue weighted by molar-refractivity contribution is 7.80. The molecule has 5 rings (SSSR count). The Balaban J connectivity index is 1.50. The molecule has 1 saturated heterocycles. The number of nitro groups is 1. The summed E-state index contributed by atoms with van der Waals surface area (Å²) in [6.45, 7) is 6.44. The second-order valence-corrected chi connectivity index (χ2v) is 10.8. The standard InChI is InChI=1S/C32H34N6O4S/c1-5-22-10-6-7-11-25(22)34-29(39)15-17-36-31(30(35-32(36)43)26-12-8-9-16-33-26)24-18-20(2)37(21(24)3)27-14-13-23(38(40)41)19-28(27)42-4/h6-14,16,18-19,30-31H,5,15,17H2,1-4H3,(H,34,39)(H,35,43)/t30-,31-/m0/s1. The Morgan fingerprint density at radius 1 is 1.14 bits per heavy atom. The van der Waals surface area contributed by atoms with Gasteiger partial charge in [0.15, 0.2) is 5.11 Å². The molecule has 0 spiro atoms. The molecule has 1 aliphatic heterocycles. The third-order valence-electron chi connectivity index (χ3n) is 7.85. The van der Waals surface area contributed by atoms with Gasteiger partial charge in [0.2, 0.25) is 5.91 Å². The normalized spacial score (nSPS) is 16.2. The van der Waals surface area contributed by atoms with Crippen LogP contribution < -0.4 is 15.4 Å². The Bertz CT molecular complexity index is 1670. The molecule has 11 heteroatoms. The van der Waals surface area contributed by atoms with E-state index in [0.717, 1.165) is 40.3 Å². The first-order chi connectivity index (χ1) is 20.7. The molecule has 1 aliphatic rings. The molecule has 2 N–H and O–H groups in total. The van der Waals surface area contributed by atoms with E-state index < -0.39 is 4.92 Å². The number of amides is 1. The average Bonchev–Trinajstić information content (AvgIpc) is 3.50. The molecule has 10 nitrogen and oxygen atoms in total. The van der Waals surface area contributed by atoms with Gasteiger partial charge < -0.3 is 24.8 Å². The van der Waals surface area contributed by atoms with Gasteiger partial charge in [0.25, 0.3) is 5.69 Å². The summed E-state index contributed by atoms with van der Waals surface area (Å²) in [4.78, 5) is 30.8. The van der Waals surface area contributed by atoms with E-state index in [1.54, 1.807) is 12.3 Å². The first kappa shape index (κ1) is 29.7. The lowest BCUT2D eigenvalue weighted by molar-refractivity contribution is -0.384. The predicted octanol–water partition coefficient (Wildman–Crippen LogP) is 5.97. The highest BCUT2D eigenvalue weighted by atomic mass is 32.1. The molecule has 0 bridgehead atoms. The number of nitrogens with zero attached hydrogens (tertiary/aromatic N) is 4. The molecule has 1 fully saturated rings. The third kappa shape index (κ3) is 5.94. The molecule has 4 aromatic rings. The van der Waals surface area contributed by atoms with Crippen LogP contribution in [0.2, 0.25) is 0 Å². The number of anilines is 1. The zero-order valence-electron chi connectivity index (χ0n) is 24.5. The van der Waals surface area contributed by atoms with Crippen LogP contribution >= 0.6 is 12.2 Å². The van der Waals surface area contributed by atoms with Gasteiger partial charge in [-0.25, -0.2) is 0 Å². The highest BCUT2D eigenvalue weighted by Gasteiger charge is 2.41. The lowest BCUT2D eigenvalue weighted by Gasteiger charge is -2.28. The molecule has 0 aliphatic carbocycles. The van der Waals surface area contributed by atoms with Gasteiger partial charge in [0, 0.05) is 42.3 Å². The summed E-state index contributed by atoms with van der Waals surface area (Å²) in [5.41, 5.74) is 6.22. The van der Waals surface area contributed by atoms with E-state index >= 15 is 0 Å². The van der Waals surface area contributed by atoms with Crippen LogP contribution in [0, 0.1) is 24.0 Å². The van der Waals surface area contributed by atoms with E-state index in [4.69, 9.17) is 17.0 Å². The zero-order valence-corrected chi connectivity index (χ0v) is 25.4. The molecule has 2 aromatic carbocycles. The van der Waals surface area contributed by atoms with Crippen molar-refractivity contribution in [3.63, 3.8) is 0 Å². The Morgan fingerprint density at radius 2 is 1.91 bits per heavy atom. The van der Waals surface area contributed by atoms with Crippen molar-refractivity contribution in [2.75, 3.05) is 19.0 Å². The molecule has 2 atom stereocenters. The fourth-order valence-electron chi connectivity index (χ4n) is 5.79. The average molecular weight is 599 g/mol. The summed E-state index contributed by atoms with van der Waals surface area (Å²) in [7, 11) is 1.50. The first-order valence-electron chi connectivity index (χ1n) is 14.1. The van der Waals surface area contributed by atoms with Gasteiger partial charge in [-0.15, -0.1) is 0 Å². The largest absolute Gasteiger partial charge is 0.494 e. The van der Waals surface area contributed by atoms with Gasteiger partial charge >= 0.3 is 0 Å². The minimum absolute atomic E-state index is 0.0464. The minimum Gasteiger partial charge on any atom is -0.494 e. The molecule has 0 unspecified atom stereocenters. The number of aryl methyl sites for hydroxylation is 2. The second kappa shape index (κ2) is 12.6. The first-order valence-corrected chi connectivity index (χ1v) is 14.5. The molecule has 222 valence electrons. The summed E-state index contributed by atoms with van der Waals surface area (Å²) >= 11 is 5.84. The van der Waals surface area contributed by atoms with Crippen LogP contribution in [0.5, 0.6) is 5.75 Å². The zero-order chi connectivity index (χ0) is 30.7. The van der Waals surface area contributed by atoms with Crippen LogP contribution in [0.4, 0.5) is 11.4 Å². The number of nitrogens with one attached hydrogen (secondary N) is 2. The van der Waals surface area contributed by atoms with E-state index in [9.17, 15) is 14.9 Å². The van der Waals surface area contributed by atoms with Crippen LogP contribution in [-0.2, 0) is 11.2 Å². The summed E-state index contributed by atoms with van der Waals surface area (Å²) in [5, 5.41) is 18.5. The summed E-state index contributed by atoms with van der Waals surface area (Å²) in [6.07, 6.45) is 2.81. The number of rotatable bonds is 10. The summed E-state index contributed by atoms with van der Waals surface area (Å²) < 4.78 is 7.60. The lowest BCUT2D eigenvalue weighted by atomic mass is 9.96. The predicted molar refractivity (Wildman–Crippen MR) is 170 cm³/mol. The van der Waals surface area contributed by atoms with Crippen molar-refractivity contribution in [1.29, 1.82) is 0 Å². The molecular weight excluding hydrogens is 564 g/mol. The van der Waals surface area contributed by atoms with Crippen molar-refractivity contribution < 1.29 is 14.5 Å². The fraction of sp³-hybridized carbons (Fsp3) is 0.281. The number of hydrogen-bond acceptors (Lipinski definition) is 6. The van der Waals surface area contributed by atoms with Gasteiger partial charge in [-0.05, 0) is 73.9 Å². The Morgan fingerprint density at radius 3 is 2.60 bits per heavy atom. The topological polar surface area (TPSA) is 115 Å². The maximum absolute atomic E-state index is 13.1. The monoisotopic (exact) mass is 598 g/mol. The molecule has 2 aromatic heterocycles. The van der Waals surface area contributed by atoms with Crippen molar-refractivity contribution in [2.45, 2.75) is 45.7 Å². The number of carbonyl (C=O) groups is 1. The quantitative estimate of drug-likeness (QED) is 0.130. The van der Waals surface area contributed by atoms with Crippen LogP contribution in [0.25, 0.3) is 5.69 Å². The molecule has 0 saturated carbocycles. The summed E-state index contributed by atoms with van der Waals surface area (Å²) in [5.74, 6) is 0.301. The highest BCUT2D eigenvalue weighted by Crippen LogP contribution is 2.42. The Kier molecular flexibility index (Phi) is 8.72.